The quantitative estimate of drug-likeness (QED) is 0.604. The molecule has 0 aromatic heterocycles. The van der Waals surface area contributed by atoms with Gasteiger partial charge in [-0.2, -0.15) is 0 Å². The molecule has 0 spiro atoms. The average molecular weight is 452 g/mol. The molecular weight excluding hydrogens is 421 g/mol. The van der Waals surface area contributed by atoms with E-state index in [9.17, 15) is 9.59 Å². The zero-order valence-corrected chi connectivity index (χ0v) is 19.2. The van der Waals surface area contributed by atoms with Crippen molar-refractivity contribution in [3.8, 4) is 0 Å². The number of hydrogen-bond donors (Lipinski definition) is 0. The predicted octanol–water partition coefficient (Wildman–Crippen LogP) is 4.33. The summed E-state index contributed by atoms with van der Waals surface area (Å²) in [6, 6.07) is 5.24. The highest BCUT2D eigenvalue weighted by Crippen LogP contribution is 2.23. The summed E-state index contributed by atoms with van der Waals surface area (Å²) in [6.45, 7) is 7.23. The molecule has 0 N–H and O–H groups in total. The minimum absolute atomic E-state index is 0.0163. The molecule has 5 nitrogen and oxygen atoms in total. The highest BCUT2D eigenvalue weighted by molar-refractivity contribution is 6.42. The minimum Gasteiger partial charge on any atom is -0.341 e. The van der Waals surface area contributed by atoms with Crippen molar-refractivity contribution in [3.05, 3.63) is 39.9 Å². The number of halogens is 2. The molecule has 7 heteroatoms. The van der Waals surface area contributed by atoms with E-state index in [-0.39, 0.29) is 17.9 Å². The predicted molar refractivity (Wildman–Crippen MR) is 123 cm³/mol. The van der Waals surface area contributed by atoms with Crippen molar-refractivity contribution in [2.45, 2.75) is 45.1 Å². The number of piperidine rings is 1. The standard InChI is InChI=1S/C23H31Cl2N3O2/c1-18-17-27(14-5-13-26-11-3-2-4-12-26)22(29)10-15-28(18)23(30)9-7-19-6-8-20(24)21(25)16-19/h6-9,16,18H,2-5,10-15,17H2,1H3/t18-/m1/s1. The van der Waals surface area contributed by atoms with E-state index in [4.69, 9.17) is 23.2 Å². The van der Waals surface area contributed by atoms with Gasteiger partial charge in [0.05, 0.1) is 10.0 Å². The van der Waals surface area contributed by atoms with Gasteiger partial charge < -0.3 is 14.7 Å². The molecule has 2 aliphatic rings. The normalized spacial score (nSPS) is 21.3. The maximum Gasteiger partial charge on any atom is 0.246 e. The van der Waals surface area contributed by atoms with Crippen LogP contribution in [0.4, 0.5) is 0 Å². The van der Waals surface area contributed by atoms with Gasteiger partial charge in [0.15, 0.2) is 0 Å². The van der Waals surface area contributed by atoms with E-state index in [1.807, 2.05) is 17.9 Å². The van der Waals surface area contributed by atoms with Crippen LogP contribution in [0.3, 0.4) is 0 Å². The Bertz CT molecular complexity index is 778. The lowest BCUT2D eigenvalue weighted by atomic mass is 10.1. The summed E-state index contributed by atoms with van der Waals surface area (Å²) in [5, 5.41) is 0.945. The van der Waals surface area contributed by atoms with Crippen LogP contribution < -0.4 is 0 Å². The molecule has 164 valence electrons. The fourth-order valence-corrected chi connectivity index (χ4v) is 4.51. The Morgan fingerprint density at radius 1 is 1.10 bits per heavy atom. The number of carbonyl (C=O) groups is 2. The topological polar surface area (TPSA) is 43.9 Å². The van der Waals surface area contributed by atoms with Gasteiger partial charge in [0.1, 0.15) is 0 Å². The summed E-state index contributed by atoms with van der Waals surface area (Å²) < 4.78 is 0. The van der Waals surface area contributed by atoms with Crippen molar-refractivity contribution < 1.29 is 9.59 Å². The van der Waals surface area contributed by atoms with Gasteiger partial charge in [-0.25, -0.2) is 0 Å². The molecule has 2 fully saturated rings. The van der Waals surface area contributed by atoms with Crippen molar-refractivity contribution in [2.24, 2.45) is 0 Å². The molecule has 1 atom stereocenters. The van der Waals surface area contributed by atoms with Gasteiger partial charge in [-0.3, -0.25) is 9.59 Å². The third-order valence-corrected chi connectivity index (χ3v) is 6.67. The number of likely N-dealkylation sites (tertiary alicyclic amines) is 1. The SMILES string of the molecule is C[C@@H]1CN(CCCN2CCCCC2)C(=O)CCN1C(=O)C=Cc1ccc(Cl)c(Cl)c1. The lowest BCUT2D eigenvalue weighted by Crippen LogP contribution is -2.43. The van der Waals surface area contributed by atoms with Crippen LogP contribution in [0.1, 0.15) is 44.6 Å². The van der Waals surface area contributed by atoms with Gasteiger partial charge in [-0.15, -0.1) is 0 Å². The van der Waals surface area contributed by atoms with E-state index >= 15 is 0 Å². The Kier molecular flexibility index (Phi) is 8.61. The number of carbonyl (C=O) groups excluding carboxylic acids is 2. The lowest BCUT2D eigenvalue weighted by Gasteiger charge is -2.30. The van der Waals surface area contributed by atoms with Crippen molar-refractivity contribution in [1.82, 2.24) is 14.7 Å². The Hall–Kier alpha value is -1.56. The first kappa shape index (κ1) is 23.1. The summed E-state index contributed by atoms with van der Waals surface area (Å²) in [7, 11) is 0. The average Bonchev–Trinajstić information content (AvgIpc) is 2.88. The second kappa shape index (κ2) is 11.2. The van der Waals surface area contributed by atoms with Gasteiger partial charge in [0.25, 0.3) is 0 Å². The maximum atomic E-state index is 12.8. The molecule has 2 heterocycles. The van der Waals surface area contributed by atoms with Crippen molar-refractivity contribution in [2.75, 3.05) is 39.3 Å². The second-order valence-corrected chi connectivity index (χ2v) is 9.05. The molecule has 0 aliphatic carbocycles. The fraction of sp³-hybridized carbons (Fsp3) is 0.565. The summed E-state index contributed by atoms with van der Waals surface area (Å²) >= 11 is 12.0. The second-order valence-electron chi connectivity index (χ2n) is 8.23. The molecule has 3 rings (SSSR count). The monoisotopic (exact) mass is 451 g/mol. The van der Waals surface area contributed by atoms with E-state index in [2.05, 4.69) is 4.90 Å². The van der Waals surface area contributed by atoms with E-state index in [0.717, 1.165) is 25.1 Å². The molecule has 0 bridgehead atoms. The fourth-order valence-electron chi connectivity index (χ4n) is 4.20. The zero-order valence-electron chi connectivity index (χ0n) is 17.7. The van der Waals surface area contributed by atoms with E-state index in [1.54, 1.807) is 29.2 Å². The van der Waals surface area contributed by atoms with Crippen LogP contribution in [0.5, 0.6) is 0 Å². The lowest BCUT2D eigenvalue weighted by molar-refractivity contribution is -0.130. The van der Waals surface area contributed by atoms with E-state index < -0.39 is 0 Å². The zero-order chi connectivity index (χ0) is 21.5. The van der Waals surface area contributed by atoms with E-state index in [1.165, 1.54) is 32.4 Å². The third-order valence-electron chi connectivity index (χ3n) is 5.93. The minimum atomic E-state index is -0.0865. The van der Waals surface area contributed by atoms with Gasteiger partial charge in [0, 0.05) is 38.2 Å². The van der Waals surface area contributed by atoms with Crippen LogP contribution in [0.2, 0.25) is 10.0 Å². The number of nitrogens with zero attached hydrogens (tertiary/aromatic N) is 3. The molecule has 30 heavy (non-hydrogen) atoms. The number of rotatable bonds is 6. The highest BCUT2D eigenvalue weighted by atomic mass is 35.5. The Morgan fingerprint density at radius 3 is 2.60 bits per heavy atom. The summed E-state index contributed by atoms with van der Waals surface area (Å²) in [5.74, 6) is 0.0563. The van der Waals surface area contributed by atoms with Crippen molar-refractivity contribution in [1.29, 1.82) is 0 Å². The van der Waals surface area contributed by atoms with Crippen LogP contribution in [-0.4, -0.2) is 71.8 Å². The van der Waals surface area contributed by atoms with Crippen LogP contribution in [0, 0.1) is 0 Å². The molecule has 0 radical (unpaired) electrons. The van der Waals surface area contributed by atoms with Crippen LogP contribution in [0.15, 0.2) is 24.3 Å². The molecule has 1 aromatic rings. The first-order valence-corrected chi connectivity index (χ1v) is 11.6. The summed E-state index contributed by atoms with van der Waals surface area (Å²) in [6.07, 6.45) is 8.55. The molecule has 2 aliphatic heterocycles. The molecule has 2 saturated heterocycles. The van der Waals surface area contributed by atoms with Gasteiger partial charge in [-0.1, -0.05) is 35.7 Å². The summed E-state index contributed by atoms with van der Waals surface area (Å²) in [5.41, 5.74) is 0.815. The molecule has 2 amide bonds. The van der Waals surface area contributed by atoms with Crippen LogP contribution in [-0.2, 0) is 9.59 Å². The largest absolute Gasteiger partial charge is 0.341 e. The molecule has 0 unspecified atom stereocenters. The number of hydrogen-bond acceptors (Lipinski definition) is 3. The van der Waals surface area contributed by atoms with E-state index in [0.29, 0.717) is 29.6 Å². The van der Waals surface area contributed by atoms with Crippen LogP contribution >= 0.6 is 23.2 Å². The maximum absolute atomic E-state index is 12.8. The van der Waals surface area contributed by atoms with Crippen molar-refractivity contribution in [3.63, 3.8) is 0 Å². The first-order chi connectivity index (χ1) is 14.4. The number of benzene rings is 1. The molecular formula is C23H31Cl2N3O2. The Labute approximate surface area is 189 Å². The number of amides is 2. The summed E-state index contributed by atoms with van der Waals surface area (Å²) in [4.78, 5) is 31.6. The van der Waals surface area contributed by atoms with Crippen LogP contribution in [0.25, 0.3) is 6.08 Å². The Balaban J connectivity index is 1.53. The van der Waals surface area contributed by atoms with Gasteiger partial charge in [0.2, 0.25) is 11.8 Å². The van der Waals surface area contributed by atoms with Crippen molar-refractivity contribution >= 4 is 41.1 Å². The molecule has 1 aromatic carbocycles. The Morgan fingerprint density at radius 2 is 1.87 bits per heavy atom. The van der Waals surface area contributed by atoms with Gasteiger partial charge >= 0.3 is 0 Å². The third kappa shape index (κ3) is 6.47. The highest BCUT2D eigenvalue weighted by Gasteiger charge is 2.28. The smallest absolute Gasteiger partial charge is 0.246 e. The van der Waals surface area contributed by atoms with Gasteiger partial charge in [-0.05, 0) is 69.6 Å². The first-order valence-electron chi connectivity index (χ1n) is 10.9. The molecule has 0 saturated carbocycles.